The lowest BCUT2D eigenvalue weighted by Crippen LogP contribution is -2.41. The van der Waals surface area contributed by atoms with E-state index in [0.717, 1.165) is 5.56 Å². The molecule has 0 radical (unpaired) electrons. The van der Waals surface area contributed by atoms with Crippen molar-refractivity contribution in [2.45, 2.75) is 27.3 Å². The van der Waals surface area contributed by atoms with Crippen LogP contribution in [0.3, 0.4) is 0 Å². The zero-order chi connectivity index (χ0) is 15.2. The van der Waals surface area contributed by atoms with Gasteiger partial charge in [0.05, 0.1) is 13.2 Å². The van der Waals surface area contributed by atoms with Gasteiger partial charge in [-0.1, -0.05) is 30.3 Å². The van der Waals surface area contributed by atoms with Crippen molar-refractivity contribution in [3.63, 3.8) is 0 Å². The highest BCUT2D eigenvalue weighted by Gasteiger charge is 2.37. The Labute approximate surface area is 120 Å². The number of Topliss-reactive ketones (excluding diaryl/α,β-unsaturated/α-hetero) is 1. The van der Waals surface area contributed by atoms with Gasteiger partial charge in [0.2, 0.25) is 0 Å². The lowest BCUT2D eigenvalue weighted by Gasteiger charge is -2.24. The fourth-order valence-electron chi connectivity index (χ4n) is 1.82. The highest BCUT2D eigenvalue weighted by Crippen LogP contribution is 2.19. The predicted octanol–water partition coefficient (Wildman–Crippen LogP) is 2.28. The van der Waals surface area contributed by atoms with Gasteiger partial charge in [-0.15, -0.1) is 0 Å². The van der Waals surface area contributed by atoms with Crippen LogP contribution in [0.5, 0.6) is 0 Å². The molecular formula is C16H23NO3. The Bertz CT molecular complexity index is 454. The molecule has 0 aliphatic rings. The molecule has 1 aromatic carbocycles. The molecule has 20 heavy (non-hydrogen) atoms. The number of hydrogen-bond donors (Lipinski definition) is 0. The van der Waals surface area contributed by atoms with Crippen molar-refractivity contribution in [1.82, 2.24) is 4.90 Å². The zero-order valence-electron chi connectivity index (χ0n) is 12.7. The van der Waals surface area contributed by atoms with Crippen LogP contribution in [-0.4, -0.2) is 36.9 Å². The molecule has 0 saturated carbocycles. The fraction of sp³-hybridized carbons (Fsp3) is 0.500. The first-order valence-electron chi connectivity index (χ1n) is 6.81. The summed E-state index contributed by atoms with van der Waals surface area (Å²) in [5.41, 5.74) is 0.0396. The molecule has 0 aliphatic carbocycles. The van der Waals surface area contributed by atoms with Crippen LogP contribution in [0.4, 0.5) is 0 Å². The van der Waals surface area contributed by atoms with E-state index in [1.54, 1.807) is 20.8 Å². The molecule has 0 N–H and O–H groups in total. The number of esters is 1. The Hall–Kier alpha value is -1.68. The third-order valence-electron chi connectivity index (χ3n) is 3.19. The van der Waals surface area contributed by atoms with Crippen LogP contribution in [-0.2, 0) is 20.9 Å². The second-order valence-corrected chi connectivity index (χ2v) is 5.43. The molecule has 0 aliphatic heterocycles. The smallest absolute Gasteiger partial charge is 0.319 e. The monoisotopic (exact) mass is 277 g/mol. The maximum Gasteiger partial charge on any atom is 0.319 e. The Balaban J connectivity index is 2.59. The fourth-order valence-corrected chi connectivity index (χ4v) is 1.82. The van der Waals surface area contributed by atoms with Gasteiger partial charge in [0.25, 0.3) is 0 Å². The molecule has 0 spiro atoms. The molecule has 4 heteroatoms. The van der Waals surface area contributed by atoms with Crippen LogP contribution in [0.1, 0.15) is 26.3 Å². The normalized spacial score (nSPS) is 11.4. The minimum absolute atomic E-state index is 0.130. The van der Waals surface area contributed by atoms with Crippen LogP contribution in [0.25, 0.3) is 0 Å². The van der Waals surface area contributed by atoms with Crippen LogP contribution < -0.4 is 0 Å². The summed E-state index contributed by atoms with van der Waals surface area (Å²) in [6.07, 6.45) is 0. The third kappa shape index (κ3) is 4.46. The van der Waals surface area contributed by atoms with Gasteiger partial charge < -0.3 is 4.74 Å². The number of rotatable bonds is 7. The van der Waals surface area contributed by atoms with Crippen molar-refractivity contribution in [1.29, 1.82) is 0 Å². The number of benzene rings is 1. The summed E-state index contributed by atoms with van der Waals surface area (Å²) in [5, 5.41) is 0. The van der Waals surface area contributed by atoms with E-state index < -0.39 is 11.4 Å². The molecule has 0 heterocycles. The third-order valence-corrected chi connectivity index (χ3v) is 3.19. The lowest BCUT2D eigenvalue weighted by molar-refractivity contribution is -0.158. The summed E-state index contributed by atoms with van der Waals surface area (Å²) >= 11 is 0. The van der Waals surface area contributed by atoms with Gasteiger partial charge in [-0.25, -0.2) is 0 Å². The summed E-state index contributed by atoms with van der Waals surface area (Å²) < 4.78 is 4.95. The summed E-state index contributed by atoms with van der Waals surface area (Å²) in [6, 6.07) is 9.91. The van der Waals surface area contributed by atoms with E-state index in [2.05, 4.69) is 0 Å². The lowest BCUT2D eigenvalue weighted by atomic mass is 9.88. The van der Waals surface area contributed by atoms with E-state index in [1.807, 2.05) is 42.3 Å². The first-order chi connectivity index (χ1) is 9.37. The van der Waals surface area contributed by atoms with Crippen molar-refractivity contribution >= 4 is 11.8 Å². The van der Waals surface area contributed by atoms with E-state index in [1.165, 1.54) is 0 Å². The van der Waals surface area contributed by atoms with E-state index >= 15 is 0 Å². The highest BCUT2D eigenvalue weighted by atomic mass is 16.5. The van der Waals surface area contributed by atoms with Crippen molar-refractivity contribution in [3.8, 4) is 0 Å². The number of hydrogen-bond acceptors (Lipinski definition) is 4. The zero-order valence-corrected chi connectivity index (χ0v) is 12.7. The summed E-state index contributed by atoms with van der Waals surface area (Å²) in [7, 11) is 1.87. The standard InChI is InChI=1S/C16H23NO3/c1-5-20-15(19)16(2,3)14(18)12-17(4)11-13-9-7-6-8-10-13/h6-10H,5,11-12H2,1-4H3. The molecule has 0 aromatic heterocycles. The molecular weight excluding hydrogens is 254 g/mol. The van der Waals surface area contributed by atoms with E-state index in [9.17, 15) is 9.59 Å². The van der Waals surface area contributed by atoms with Crippen LogP contribution in [0.15, 0.2) is 30.3 Å². The number of ether oxygens (including phenoxy) is 1. The molecule has 0 saturated heterocycles. The second kappa shape index (κ2) is 7.20. The van der Waals surface area contributed by atoms with Crippen LogP contribution in [0.2, 0.25) is 0 Å². The van der Waals surface area contributed by atoms with Gasteiger partial charge in [0, 0.05) is 6.54 Å². The molecule has 0 amide bonds. The Morgan fingerprint density at radius 3 is 2.35 bits per heavy atom. The first-order valence-corrected chi connectivity index (χ1v) is 6.81. The van der Waals surface area contributed by atoms with Crippen molar-refractivity contribution in [2.24, 2.45) is 5.41 Å². The quantitative estimate of drug-likeness (QED) is 0.566. The Morgan fingerprint density at radius 2 is 1.80 bits per heavy atom. The summed E-state index contributed by atoms with van der Waals surface area (Å²) in [5.74, 6) is -0.590. The predicted molar refractivity (Wildman–Crippen MR) is 78.2 cm³/mol. The molecule has 0 bridgehead atoms. The number of likely N-dealkylation sites (N-methyl/N-ethyl adjacent to an activating group) is 1. The highest BCUT2D eigenvalue weighted by molar-refractivity contribution is 6.03. The SMILES string of the molecule is CCOC(=O)C(C)(C)C(=O)CN(C)Cc1ccccc1. The van der Waals surface area contributed by atoms with Crippen LogP contribution in [0, 0.1) is 5.41 Å². The van der Waals surface area contributed by atoms with E-state index in [-0.39, 0.29) is 18.9 Å². The number of nitrogens with zero attached hydrogens (tertiary/aromatic N) is 1. The second-order valence-electron chi connectivity index (χ2n) is 5.43. The average Bonchev–Trinajstić information content (AvgIpc) is 2.39. The van der Waals surface area contributed by atoms with Crippen LogP contribution >= 0.6 is 0 Å². The maximum atomic E-state index is 12.2. The molecule has 1 rings (SSSR count). The van der Waals surface area contributed by atoms with Gasteiger partial charge in [0.15, 0.2) is 5.78 Å². The average molecular weight is 277 g/mol. The summed E-state index contributed by atoms with van der Waals surface area (Å²) in [4.78, 5) is 25.9. The van der Waals surface area contributed by atoms with Crippen molar-refractivity contribution < 1.29 is 14.3 Å². The molecule has 4 nitrogen and oxygen atoms in total. The van der Waals surface area contributed by atoms with Crippen molar-refractivity contribution in [2.75, 3.05) is 20.2 Å². The Kier molecular flexibility index (Phi) is 5.89. The summed E-state index contributed by atoms with van der Waals surface area (Å²) in [6.45, 7) is 6.15. The van der Waals surface area contributed by atoms with Crippen molar-refractivity contribution in [3.05, 3.63) is 35.9 Å². The van der Waals surface area contributed by atoms with Gasteiger partial charge in [-0.2, -0.15) is 0 Å². The molecule has 0 fully saturated rings. The van der Waals surface area contributed by atoms with E-state index in [4.69, 9.17) is 4.74 Å². The van der Waals surface area contributed by atoms with E-state index in [0.29, 0.717) is 6.54 Å². The molecule has 0 unspecified atom stereocenters. The number of carbonyl (C=O) groups excluding carboxylic acids is 2. The number of carbonyl (C=O) groups is 2. The first kappa shape index (κ1) is 16.4. The molecule has 1 aromatic rings. The maximum absolute atomic E-state index is 12.2. The minimum Gasteiger partial charge on any atom is -0.465 e. The Morgan fingerprint density at radius 1 is 1.20 bits per heavy atom. The van der Waals surface area contributed by atoms with Gasteiger partial charge in [0.1, 0.15) is 5.41 Å². The minimum atomic E-state index is -1.10. The topological polar surface area (TPSA) is 46.6 Å². The number of ketones is 1. The van der Waals surface area contributed by atoms with Gasteiger partial charge in [-0.3, -0.25) is 14.5 Å². The van der Waals surface area contributed by atoms with Gasteiger partial charge in [-0.05, 0) is 33.4 Å². The molecule has 0 atom stereocenters. The largest absolute Gasteiger partial charge is 0.465 e. The van der Waals surface area contributed by atoms with Gasteiger partial charge >= 0.3 is 5.97 Å². The molecule has 110 valence electrons.